The van der Waals surface area contributed by atoms with Gasteiger partial charge in [0.25, 0.3) is 0 Å². The second-order valence-electron chi connectivity index (χ2n) is 6.19. The predicted molar refractivity (Wildman–Crippen MR) is 91.8 cm³/mol. The molecule has 0 bridgehead atoms. The molecule has 114 valence electrons. The molecule has 1 aromatic carbocycles. The number of piperazine rings is 1. The van der Waals surface area contributed by atoms with Crippen LogP contribution in [0.4, 0.5) is 0 Å². The first-order chi connectivity index (χ1) is 10.1. The van der Waals surface area contributed by atoms with Crippen LogP contribution < -0.4 is 5.73 Å². The SMILES string of the molecule is NC(=S)c1ccc(CN2CCN(CC3CC3)CC2)c(Cl)c1. The molecule has 2 aliphatic rings. The molecule has 21 heavy (non-hydrogen) atoms. The molecule has 1 saturated heterocycles. The van der Waals surface area contributed by atoms with E-state index >= 15 is 0 Å². The lowest BCUT2D eigenvalue weighted by atomic mass is 10.1. The first-order valence-corrected chi connectivity index (χ1v) is 8.43. The summed E-state index contributed by atoms with van der Waals surface area (Å²) in [6.45, 7) is 6.82. The number of nitrogens with two attached hydrogens (primary N) is 1. The normalized spacial score (nSPS) is 20.6. The van der Waals surface area contributed by atoms with Crippen molar-refractivity contribution in [2.75, 3.05) is 32.7 Å². The summed E-state index contributed by atoms with van der Waals surface area (Å²) >= 11 is 11.3. The van der Waals surface area contributed by atoms with Gasteiger partial charge < -0.3 is 10.6 Å². The molecule has 5 heteroatoms. The summed E-state index contributed by atoms with van der Waals surface area (Å²) in [5.41, 5.74) is 7.63. The summed E-state index contributed by atoms with van der Waals surface area (Å²) in [5.74, 6) is 0.985. The molecule has 1 aromatic rings. The molecule has 2 N–H and O–H groups in total. The van der Waals surface area contributed by atoms with Crippen LogP contribution in [0.15, 0.2) is 18.2 Å². The zero-order valence-electron chi connectivity index (χ0n) is 12.2. The van der Waals surface area contributed by atoms with E-state index in [-0.39, 0.29) is 0 Å². The largest absolute Gasteiger partial charge is 0.389 e. The molecule has 0 amide bonds. The Morgan fingerprint density at radius 2 is 1.86 bits per heavy atom. The van der Waals surface area contributed by atoms with Gasteiger partial charge in [-0.05, 0) is 30.4 Å². The molecular weight excluding hydrogens is 302 g/mol. The molecule has 1 saturated carbocycles. The van der Waals surface area contributed by atoms with E-state index in [1.807, 2.05) is 18.2 Å². The van der Waals surface area contributed by atoms with E-state index < -0.39 is 0 Å². The maximum Gasteiger partial charge on any atom is 0.104 e. The summed E-state index contributed by atoms with van der Waals surface area (Å²) < 4.78 is 0. The summed E-state index contributed by atoms with van der Waals surface area (Å²) in [4.78, 5) is 5.48. The predicted octanol–water partition coefficient (Wildman–Crippen LogP) is 2.50. The van der Waals surface area contributed by atoms with E-state index in [1.165, 1.54) is 32.5 Å². The average molecular weight is 324 g/mol. The third-order valence-electron chi connectivity index (χ3n) is 4.41. The van der Waals surface area contributed by atoms with Crippen molar-refractivity contribution in [3.05, 3.63) is 34.3 Å². The smallest absolute Gasteiger partial charge is 0.104 e. The van der Waals surface area contributed by atoms with Gasteiger partial charge in [0.05, 0.1) is 0 Å². The topological polar surface area (TPSA) is 32.5 Å². The lowest BCUT2D eigenvalue weighted by molar-refractivity contribution is 0.123. The highest BCUT2D eigenvalue weighted by molar-refractivity contribution is 7.80. The minimum Gasteiger partial charge on any atom is -0.389 e. The van der Waals surface area contributed by atoms with Crippen LogP contribution >= 0.6 is 23.8 Å². The Balaban J connectivity index is 1.53. The van der Waals surface area contributed by atoms with Crippen molar-refractivity contribution in [3.63, 3.8) is 0 Å². The number of benzene rings is 1. The Labute approximate surface area is 137 Å². The molecule has 3 nitrogen and oxygen atoms in total. The number of halogens is 1. The van der Waals surface area contributed by atoms with Crippen molar-refractivity contribution in [1.82, 2.24) is 9.80 Å². The molecule has 0 unspecified atom stereocenters. The highest BCUT2D eigenvalue weighted by Gasteiger charge is 2.26. The van der Waals surface area contributed by atoms with E-state index in [0.29, 0.717) is 4.99 Å². The van der Waals surface area contributed by atoms with Crippen molar-refractivity contribution < 1.29 is 0 Å². The molecule has 2 fully saturated rings. The van der Waals surface area contributed by atoms with Gasteiger partial charge in [-0.3, -0.25) is 4.90 Å². The molecule has 0 aromatic heterocycles. The Morgan fingerprint density at radius 1 is 1.19 bits per heavy atom. The Kier molecular flexibility index (Phi) is 4.79. The van der Waals surface area contributed by atoms with Gasteiger partial charge in [0.15, 0.2) is 0 Å². The molecule has 1 aliphatic heterocycles. The van der Waals surface area contributed by atoms with Gasteiger partial charge in [-0.1, -0.05) is 36.0 Å². The van der Waals surface area contributed by atoms with Crippen LogP contribution in [-0.4, -0.2) is 47.5 Å². The maximum absolute atomic E-state index is 6.35. The van der Waals surface area contributed by atoms with Crippen LogP contribution in [0, 0.1) is 5.92 Å². The van der Waals surface area contributed by atoms with Gasteiger partial charge in [0, 0.05) is 49.9 Å². The fourth-order valence-corrected chi connectivity index (χ4v) is 3.23. The number of hydrogen-bond acceptors (Lipinski definition) is 3. The monoisotopic (exact) mass is 323 g/mol. The minimum atomic E-state index is 0.400. The standard InChI is InChI=1S/C16H22ClN3S/c17-15-9-13(16(18)21)3-4-14(15)11-20-7-5-19(6-8-20)10-12-1-2-12/h3-4,9,12H,1-2,5-8,10-11H2,(H2,18,21). The van der Waals surface area contributed by atoms with Gasteiger partial charge >= 0.3 is 0 Å². The Morgan fingerprint density at radius 3 is 2.43 bits per heavy atom. The fraction of sp³-hybridized carbons (Fsp3) is 0.562. The summed E-state index contributed by atoms with van der Waals surface area (Å²) in [6, 6.07) is 5.89. The molecular formula is C16H22ClN3S. The van der Waals surface area contributed by atoms with Crippen LogP contribution in [0.2, 0.25) is 5.02 Å². The van der Waals surface area contributed by atoms with Gasteiger partial charge in [-0.2, -0.15) is 0 Å². The molecule has 1 aliphatic carbocycles. The maximum atomic E-state index is 6.35. The first kappa shape index (κ1) is 15.2. The third kappa shape index (κ3) is 4.16. The summed E-state index contributed by atoms with van der Waals surface area (Å²) in [5, 5.41) is 0.765. The van der Waals surface area contributed by atoms with E-state index in [4.69, 9.17) is 29.6 Å². The Bertz CT molecular complexity index is 522. The minimum absolute atomic E-state index is 0.400. The average Bonchev–Trinajstić information content (AvgIpc) is 3.27. The first-order valence-electron chi connectivity index (χ1n) is 7.65. The van der Waals surface area contributed by atoms with Gasteiger partial charge in [-0.15, -0.1) is 0 Å². The zero-order chi connectivity index (χ0) is 14.8. The molecule has 3 rings (SSSR count). The van der Waals surface area contributed by atoms with Crippen molar-refractivity contribution >= 4 is 28.8 Å². The van der Waals surface area contributed by atoms with Crippen molar-refractivity contribution in [1.29, 1.82) is 0 Å². The van der Waals surface area contributed by atoms with Crippen LogP contribution in [0.3, 0.4) is 0 Å². The quantitative estimate of drug-likeness (QED) is 0.844. The van der Waals surface area contributed by atoms with Gasteiger partial charge in [-0.25, -0.2) is 0 Å². The van der Waals surface area contributed by atoms with Crippen molar-refractivity contribution in [2.24, 2.45) is 11.7 Å². The van der Waals surface area contributed by atoms with Crippen LogP contribution in [0.1, 0.15) is 24.0 Å². The van der Waals surface area contributed by atoms with Gasteiger partial charge in [0.2, 0.25) is 0 Å². The molecule has 1 heterocycles. The number of rotatable bonds is 5. The number of nitrogens with zero attached hydrogens (tertiary/aromatic N) is 2. The summed E-state index contributed by atoms with van der Waals surface area (Å²) in [6.07, 6.45) is 2.87. The highest BCUT2D eigenvalue weighted by atomic mass is 35.5. The Hall–Kier alpha value is -0.680. The van der Waals surface area contributed by atoms with E-state index in [1.54, 1.807) is 0 Å². The lowest BCUT2D eigenvalue weighted by Crippen LogP contribution is -2.46. The van der Waals surface area contributed by atoms with Crippen molar-refractivity contribution in [2.45, 2.75) is 19.4 Å². The highest BCUT2D eigenvalue weighted by Crippen LogP contribution is 2.30. The van der Waals surface area contributed by atoms with Crippen LogP contribution in [-0.2, 0) is 6.54 Å². The fourth-order valence-electron chi connectivity index (χ4n) is 2.87. The van der Waals surface area contributed by atoms with E-state index in [9.17, 15) is 0 Å². The number of hydrogen-bond donors (Lipinski definition) is 1. The van der Waals surface area contributed by atoms with Crippen LogP contribution in [0.25, 0.3) is 0 Å². The van der Waals surface area contributed by atoms with E-state index in [0.717, 1.165) is 41.7 Å². The van der Waals surface area contributed by atoms with E-state index in [2.05, 4.69) is 9.80 Å². The zero-order valence-corrected chi connectivity index (χ0v) is 13.8. The van der Waals surface area contributed by atoms with Gasteiger partial charge in [0.1, 0.15) is 4.99 Å². The van der Waals surface area contributed by atoms with Crippen LogP contribution in [0.5, 0.6) is 0 Å². The second-order valence-corrected chi connectivity index (χ2v) is 7.04. The molecule has 0 radical (unpaired) electrons. The number of thiocarbonyl (C=S) groups is 1. The summed E-state index contributed by atoms with van der Waals surface area (Å²) in [7, 11) is 0. The molecule has 0 atom stereocenters. The van der Waals surface area contributed by atoms with Crippen molar-refractivity contribution in [3.8, 4) is 0 Å². The lowest BCUT2D eigenvalue weighted by Gasteiger charge is -2.35. The second kappa shape index (κ2) is 6.61. The molecule has 0 spiro atoms. The third-order valence-corrected chi connectivity index (χ3v) is 5.00.